The van der Waals surface area contributed by atoms with Crippen molar-refractivity contribution in [2.24, 2.45) is 0 Å². The molecule has 0 amide bonds. The van der Waals surface area contributed by atoms with E-state index in [2.05, 4.69) is 24.3 Å². The van der Waals surface area contributed by atoms with Gasteiger partial charge < -0.3 is 0 Å². The Labute approximate surface area is 108 Å². The first-order chi connectivity index (χ1) is 8.43. The molecule has 1 heteroatoms. The average Bonchev–Trinajstić information content (AvgIpc) is 2.90. The van der Waals surface area contributed by atoms with Gasteiger partial charge in [0.25, 0.3) is 0 Å². The largest absolute Gasteiger partial charge is 0.136 e. The predicted molar refractivity (Wildman–Crippen MR) is 77.2 cm³/mol. The molecule has 1 aromatic heterocycles. The van der Waals surface area contributed by atoms with E-state index >= 15 is 0 Å². The van der Waals surface area contributed by atoms with E-state index in [1.165, 1.54) is 61.1 Å². The van der Waals surface area contributed by atoms with Gasteiger partial charge in [-0.15, -0.1) is 11.3 Å². The summed E-state index contributed by atoms with van der Waals surface area (Å²) in [6.45, 7) is 0. The molecule has 2 aliphatic rings. The molecule has 0 saturated heterocycles. The van der Waals surface area contributed by atoms with Crippen LogP contribution in [-0.2, 0) is 0 Å². The molecule has 0 saturated carbocycles. The van der Waals surface area contributed by atoms with Gasteiger partial charge in [-0.25, -0.2) is 0 Å². The maximum absolute atomic E-state index is 2.45. The Hall–Kier alpha value is -0.820. The minimum absolute atomic E-state index is 1.28. The number of hydrogen-bond acceptors (Lipinski definition) is 1. The minimum Gasteiger partial charge on any atom is -0.136 e. The van der Waals surface area contributed by atoms with Crippen LogP contribution in [-0.4, -0.2) is 0 Å². The predicted octanol–water partition coefficient (Wildman–Crippen LogP) is 5.66. The van der Waals surface area contributed by atoms with Crippen LogP contribution in [0, 0.1) is 0 Å². The Kier molecular flexibility index (Phi) is 3.46. The van der Waals surface area contributed by atoms with Crippen LogP contribution < -0.4 is 0 Å². The van der Waals surface area contributed by atoms with Gasteiger partial charge >= 0.3 is 0 Å². The van der Waals surface area contributed by atoms with Crippen LogP contribution in [0.2, 0.25) is 0 Å². The van der Waals surface area contributed by atoms with E-state index in [4.69, 9.17) is 0 Å². The number of hydrogen-bond donors (Lipinski definition) is 0. The number of rotatable bonds is 2. The third kappa shape index (κ3) is 2.55. The van der Waals surface area contributed by atoms with Gasteiger partial charge in [-0.1, -0.05) is 12.2 Å². The monoisotopic (exact) mass is 244 g/mol. The lowest BCUT2D eigenvalue weighted by molar-refractivity contribution is 0.743. The Bertz CT molecular complexity index is 407. The quantitative estimate of drug-likeness (QED) is 0.629. The Morgan fingerprint density at radius 3 is 1.65 bits per heavy atom. The lowest BCUT2D eigenvalue weighted by Gasteiger charge is -2.12. The number of thiophene rings is 1. The van der Waals surface area contributed by atoms with Crippen LogP contribution in [0.4, 0.5) is 0 Å². The lowest BCUT2D eigenvalue weighted by Crippen LogP contribution is -1.89. The van der Waals surface area contributed by atoms with Gasteiger partial charge in [0, 0.05) is 9.75 Å². The highest BCUT2D eigenvalue weighted by Crippen LogP contribution is 2.36. The van der Waals surface area contributed by atoms with E-state index in [0.29, 0.717) is 0 Å². The summed E-state index contributed by atoms with van der Waals surface area (Å²) in [6, 6.07) is 4.68. The highest BCUT2D eigenvalue weighted by atomic mass is 32.1. The molecule has 0 unspecified atom stereocenters. The standard InChI is InChI=1S/C16H20S/c1-3-7-13(8-4-1)15-11-12-16(17-15)14-9-5-2-6-10-14/h7,9,11-12H,1-6,8,10H2. The molecule has 17 heavy (non-hydrogen) atoms. The van der Waals surface area contributed by atoms with Gasteiger partial charge in [0.05, 0.1) is 0 Å². The first kappa shape index (κ1) is 11.3. The van der Waals surface area contributed by atoms with Crippen LogP contribution >= 0.6 is 11.3 Å². The Morgan fingerprint density at radius 1 is 0.706 bits per heavy atom. The summed E-state index contributed by atoms with van der Waals surface area (Å²) in [5.74, 6) is 0. The zero-order chi connectivity index (χ0) is 11.5. The molecule has 1 aromatic rings. The second kappa shape index (κ2) is 5.22. The van der Waals surface area contributed by atoms with E-state index in [-0.39, 0.29) is 0 Å². The van der Waals surface area contributed by atoms with Crippen molar-refractivity contribution in [3.05, 3.63) is 34.0 Å². The van der Waals surface area contributed by atoms with Gasteiger partial charge in [-0.2, -0.15) is 0 Å². The topological polar surface area (TPSA) is 0 Å². The molecule has 90 valence electrons. The third-order valence-electron chi connectivity index (χ3n) is 3.82. The van der Waals surface area contributed by atoms with Crippen molar-refractivity contribution in [2.75, 3.05) is 0 Å². The fourth-order valence-electron chi connectivity index (χ4n) is 2.81. The molecule has 0 bridgehead atoms. The summed E-state index contributed by atoms with van der Waals surface area (Å²) in [6.07, 6.45) is 15.6. The van der Waals surface area contributed by atoms with E-state index in [0.717, 1.165) is 0 Å². The first-order valence-electron chi connectivity index (χ1n) is 6.92. The van der Waals surface area contributed by atoms with Gasteiger partial charge in [-0.05, 0) is 74.6 Å². The molecular weight excluding hydrogens is 224 g/mol. The lowest BCUT2D eigenvalue weighted by atomic mass is 9.98. The zero-order valence-corrected chi connectivity index (χ0v) is 11.2. The van der Waals surface area contributed by atoms with Crippen LogP contribution in [0.15, 0.2) is 24.3 Å². The SMILES string of the molecule is C1=C(c2ccc(C3=CCCCC3)s2)CCCC1. The van der Waals surface area contributed by atoms with Crippen LogP contribution in [0.25, 0.3) is 11.1 Å². The van der Waals surface area contributed by atoms with Gasteiger partial charge in [0.15, 0.2) is 0 Å². The minimum atomic E-state index is 1.28. The van der Waals surface area contributed by atoms with Gasteiger partial charge in [0.2, 0.25) is 0 Å². The molecule has 3 rings (SSSR count). The fourth-order valence-corrected chi connectivity index (χ4v) is 3.95. The highest BCUT2D eigenvalue weighted by molar-refractivity contribution is 7.14. The summed E-state index contributed by atoms with van der Waals surface area (Å²) >= 11 is 2.01. The second-order valence-electron chi connectivity index (χ2n) is 5.11. The van der Waals surface area contributed by atoms with Crippen molar-refractivity contribution in [1.29, 1.82) is 0 Å². The smallest absolute Gasteiger partial charge is 0.0305 e. The van der Waals surface area contributed by atoms with Crippen molar-refractivity contribution in [2.45, 2.75) is 51.4 Å². The summed E-state index contributed by atoms with van der Waals surface area (Å²) in [5.41, 5.74) is 3.20. The molecule has 0 aromatic carbocycles. The summed E-state index contributed by atoms with van der Waals surface area (Å²) in [4.78, 5) is 3.04. The molecule has 0 spiro atoms. The normalized spacial score (nSPS) is 20.9. The maximum Gasteiger partial charge on any atom is 0.0305 e. The molecule has 0 nitrogen and oxygen atoms in total. The van der Waals surface area contributed by atoms with Crippen molar-refractivity contribution in [3.8, 4) is 0 Å². The average molecular weight is 244 g/mol. The van der Waals surface area contributed by atoms with Crippen LogP contribution in [0.3, 0.4) is 0 Å². The van der Waals surface area contributed by atoms with Gasteiger partial charge in [0.1, 0.15) is 0 Å². The fraction of sp³-hybridized carbons (Fsp3) is 0.500. The summed E-state index contributed by atoms with van der Waals surface area (Å²) < 4.78 is 0. The molecule has 1 heterocycles. The van der Waals surface area contributed by atoms with E-state index < -0.39 is 0 Å². The summed E-state index contributed by atoms with van der Waals surface area (Å²) in [5, 5.41) is 0. The molecule has 0 fully saturated rings. The molecule has 0 aliphatic heterocycles. The van der Waals surface area contributed by atoms with Crippen molar-refractivity contribution in [3.63, 3.8) is 0 Å². The Balaban J connectivity index is 1.82. The molecule has 0 atom stereocenters. The Morgan fingerprint density at radius 2 is 1.24 bits per heavy atom. The third-order valence-corrected chi connectivity index (χ3v) is 5.06. The van der Waals surface area contributed by atoms with E-state index in [1.807, 2.05) is 11.3 Å². The van der Waals surface area contributed by atoms with Crippen molar-refractivity contribution < 1.29 is 0 Å². The zero-order valence-electron chi connectivity index (χ0n) is 10.4. The molecule has 2 aliphatic carbocycles. The number of allylic oxidation sites excluding steroid dienone is 4. The maximum atomic E-state index is 2.45. The van der Waals surface area contributed by atoms with E-state index in [1.54, 1.807) is 11.1 Å². The van der Waals surface area contributed by atoms with Crippen LogP contribution in [0.1, 0.15) is 61.1 Å². The highest BCUT2D eigenvalue weighted by Gasteiger charge is 2.12. The molecular formula is C16H20S. The molecule has 0 radical (unpaired) electrons. The summed E-state index contributed by atoms with van der Waals surface area (Å²) in [7, 11) is 0. The molecule has 0 N–H and O–H groups in total. The first-order valence-corrected chi connectivity index (χ1v) is 7.74. The van der Waals surface area contributed by atoms with Gasteiger partial charge in [-0.3, -0.25) is 0 Å². The van der Waals surface area contributed by atoms with Crippen molar-refractivity contribution >= 4 is 22.5 Å². The van der Waals surface area contributed by atoms with Crippen LogP contribution in [0.5, 0.6) is 0 Å². The van der Waals surface area contributed by atoms with Crippen molar-refractivity contribution in [1.82, 2.24) is 0 Å². The second-order valence-corrected chi connectivity index (χ2v) is 6.20. The van der Waals surface area contributed by atoms with E-state index in [9.17, 15) is 0 Å².